The highest BCUT2D eigenvalue weighted by Gasteiger charge is 2.54. The van der Waals surface area contributed by atoms with Gasteiger partial charge in [0.25, 0.3) is 0 Å². The van der Waals surface area contributed by atoms with Crippen LogP contribution in [0.5, 0.6) is 0 Å². The second-order valence-corrected chi connectivity index (χ2v) is 13.2. The number of hydrogen-bond acceptors (Lipinski definition) is 4. The molecule has 33 heavy (non-hydrogen) atoms. The first kappa shape index (κ1) is 23.4. The monoisotopic (exact) mass is 452 g/mol. The smallest absolute Gasteiger partial charge is 0.399 e. The minimum absolute atomic E-state index is 0.228. The van der Waals surface area contributed by atoms with Gasteiger partial charge in [0.05, 0.1) is 16.6 Å². The van der Waals surface area contributed by atoms with E-state index < -0.39 is 12.5 Å². The van der Waals surface area contributed by atoms with Gasteiger partial charge < -0.3 is 14.2 Å². The number of piperidine rings is 1. The molecule has 3 heterocycles. The highest BCUT2D eigenvalue weighted by atomic mass is 16.7. The molecule has 1 aromatic rings. The van der Waals surface area contributed by atoms with Crippen molar-refractivity contribution in [2.45, 2.75) is 110 Å². The maximum atomic E-state index is 13.6. The molecule has 0 aromatic heterocycles. The Morgan fingerprint density at radius 2 is 1.58 bits per heavy atom. The Kier molecular flexibility index (Phi) is 5.18. The van der Waals surface area contributed by atoms with Gasteiger partial charge in [-0.2, -0.15) is 0 Å². The van der Waals surface area contributed by atoms with E-state index in [1.807, 2.05) is 0 Å². The molecule has 1 aliphatic carbocycles. The van der Waals surface area contributed by atoms with Crippen LogP contribution in [0.15, 0.2) is 18.2 Å². The van der Waals surface area contributed by atoms with Crippen LogP contribution in [-0.4, -0.2) is 54.3 Å². The molecule has 0 bridgehead atoms. The van der Waals surface area contributed by atoms with Gasteiger partial charge >= 0.3 is 7.12 Å². The highest BCUT2D eigenvalue weighted by molar-refractivity contribution is 6.62. The van der Waals surface area contributed by atoms with Crippen LogP contribution >= 0.6 is 0 Å². The molecule has 0 unspecified atom stereocenters. The van der Waals surface area contributed by atoms with E-state index in [1.54, 1.807) is 0 Å². The molecule has 2 saturated heterocycles. The number of fused-ring (bicyclic) bond motifs is 1. The van der Waals surface area contributed by atoms with E-state index >= 15 is 0 Å². The molecule has 3 aliphatic heterocycles. The van der Waals surface area contributed by atoms with Gasteiger partial charge in [-0.1, -0.05) is 26.0 Å². The van der Waals surface area contributed by atoms with Crippen LogP contribution in [0.1, 0.15) is 86.6 Å². The van der Waals surface area contributed by atoms with Gasteiger partial charge in [0.1, 0.15) is 0 Å². The van der Waals surface area contributed by atoms with Crippen molar-refractivity contribution < 1.29 is 14.1 Å². The molecule has 0 atom stereocenters. The summed E-state index contributed by atoms with van der Waals surface area (Å²) in [5.74, 6) is 0.228. The van der Waals surface area contributed by atoms with Crippen molar-refractivity contribution in [3.8, 4) is 0 Å². The van der Waals surface area contributed by atoms with Crippen LogP contribution < -0.4 is 10.4 Å². The van der Waals surface area contributed by atoms with E-state index in [-0.39, 0.29) is 23.2 Å². The summed E-state index contributed by atoms with van der Waals surface area (Å²) in [6.45, 7) is 19.6. The quantitative estimate of drug-likeness (QED) is 0.643. The summed E-state index contributed by atoms with van der Waals surface area (Å²) in [6, 6.07) is 7.24. The summed E-state index contributed by atoms with van der Waals surface area (Å²) in [5, 5.41) is 0. The normalized spacial score (nSPS) is 32.1. The fraction of sp³-hybridized carbons (Fsp3) is 0.741. The predicted octanol–water partition coefficient (Wildman–Crippen LogP) is 4.26. The van der Waals surface area contributed by atoms with Gasteiger partial charge in [-0.15, -0.1) is 0 Å². The summed E-state index contributed by atoms with van der Waals surface area (Å²) in [6.07, 6.45) is 4.73. The summed E-state index contributed by atoms with van der Waals surface area (Å²) < 4.78 is 12.6. The van der Waals surface area contributed by atoms with Gasteiger partial charge in [-0.25, -0.2) is 0 Å². The predicted molar refractivity (Wildman–Crippen MR) is 134 cm³/mol. The standard InChI is InChI=1S/C27H41BN2O3/c1-24(2)12-9-13-29(17-24)19-15-20(16-19)30-22-14-18(10-11-21(22)25(3,4)23(30)31)28-32-26(5,6)27(7,8)33-28/h10-11,14,19-20H,9,12-13,15-17H2,1-8H3/t19-,20+. The van der Waals surface area contributed by atoms with Gasteiger partial charge in [0, 0.05) is 24.3 Å². The third-order valence-corrected chi connectivity index (χ3v) is 9.13. The first-order valence-corrected chi connectivity index (χ1v) is 12.8. The zero-order valence-electron chi connectivity index (χ0n) is 21.8. The lowest BCUT2D eigenvalue weighted by molar-refractivity contribution is -0.123. The Hall–Kier alpha value is -1.37. The van der Waals surface area contributed by atoms with E-state index in [4.69, 9.17) is 9.31 Å². The molecule has 6 heteroatoms. The molecular weight excluding hydrogens is 411 g/mol. The summed E-state index contributed by atoms with van der Waals surface area (Å²) >= 11 is 0. The fourth-order valence-electron chi connectivity index (χ4n) is 6.14. The van der Waals surface area contributed by atoms with Crippen LogP contribution in [0.4, 0.5) is 5.69 Å². The zero-order chi connectivity index (χ0) is 24.0. The molecule has 0 spiro atoms. The molecule has 4 aliphatic rings. The molecule has 1 amide bonds. The van der Waals surface area contributed by atoms with Gasteiger partial charge in [-0.3, -0.25) is 9.69 Å². The maximum absolute atomic E-state index is 13.6. The Bertz CT molecular complexity index is 948. The first-order valence-electron chi connectivity index (χ1n) is 12.8. The number of nitrogens with zero attached hydrogens (tertiary/aromatic N) is 2. The van der Waals surface area contributed by atoms with E-state index in [2.05, 4.69) is 83.4 Å². The second kappa shape index (κ2) is 7.32. The van der Waals surface area contributed by atoms with Crippen molar-refractivity contribution in [2.75, 3.05) is 18.0 Å². The van der Waals surface area contributed by atoms with Crippen molar-refractivity contribution in [3.63, 3.8) is 0 Å². The zero-order valence-corrected chi connectivity index (χ0v) is 21.8. The van der Waals surface area contributed by atoms with E-state index in [9.17, 15) is 4.79 Å². The van der Waals surface area contributed by atoms with Crippen molar-refractivity contribution >= 4 is 24.2 Å². The number of anilines is 1. The van der Waals surface area contributed by atoms with Crippen LogP contribution in [0, 0.1) is 5.41 Å². The number of likely N-dealkylation sites (tertiary alicyclic amines) is 1. The number of hydrogen-bond donors (Lipinski definition) is 0. The molecule has 1 aromatic carbocycles. The second-order valence-electron chi connectivity index (χ2n) is 13.2. The molecule has 0 N–H and O–H groups in total. The van der Waals surface area contributed by atoms with E-state index in [0.717, 1.165) is 29.6 Å². The first-order chi connectivity index (χ1) is 15.2. The summed E-state index contributed by atoms with van der Waals surface area (Å²) in [4.78, 5) is 18.4. The molecule has 180 valence electrons. The minimum atomic E-state index is -0.498. The van der Waals surface area contributed by atoms with E-state index in [0.29, 0.717) is 11.5 Å². The molecule has 0 radical (unpaired) electrons. The Balaban J connectivity index is 1.38. The number of benzene rings is 1. The molecule has 5 rings (SSSR count). The van der Waals surface area contributed by atoms with Gasteiger partial charge in [0.2, 0.25) is 5.91 Å². The van der Waals surface area contributed by atoms with Crippen molar-refractivity contribution in [2.24, 2.45) is 5.41 Å². The lowest BCUT2D eigenvalue weighted by Crippen LogP contribution is -2.58. The molecule has 3 fully saturated rings. The third-order valence-electron chi connectivity index (χ3n) is 9.13. The van der Waals surface area contributed by atoms with Crippen LogP contribution in [0.3, 0.4) is 0 Å². The van der Waals surface area contributed by atoms with E-state index in [1.165, 1.54) is 25.9 Å². The summed E-state index contributed by atoms with van der Waals surface area (Å²) in [7, 11) is -0.411. The average Bonchev–Trinajstić information content (AvgIpc) is 3.00. The Labute approximate surface area is 200 Å². The minimum Gasteiger partial charge on any atom is -0.399 e. The van der Waals surface area contributed by atoms with Crippen LogP contribution in [0.2, 0.25) is 0 Å². The van der Waals surface area contributed by atoms with Gasteiger partial charge in [0.15, 0.2) is 0 Å². The lowest BCUT2D eigenvalue weighted by Gasteiger charge is -2.50. The van der Waals surface area contributed by atoms with Crippen LogP contribution in [0.25, 0.3) is 0 Å². The lowest BCUT2D eigenvalue weighted by atomic mass is 9.76. The van der Waals surface area contributed by atoms with Crippen LogP contribution in [-0.2, 0) is 19.5 Å². The third kappa shape index (κ3) is 3.68. The van der Waals surface area contributed by atoms with Gasteiger partial charge in [-0.05, 0) is 96.3 Å². The number of rotatable bonds is 3. The highest BCUT2D eigenvalue weighted by Crippen LogP contribution is 2.47. The molecular formula is C27H41BN2O3. The van der Waals surface area contributed by atoms with Crippen molar-refractivity contribution in [1.82, 2.24) is 4.90 Å². The fourth-order valence-corrected chi connectivity index (χ4v) is 6.14. The maximum Gasteiger partial charge on any atom is 0.494 e. The van der Waals surface area contributed by atoms with Crippen molar-refractivity contribution in [1.29, 1.82) is 0 Å². The average molecular weight is 452 g/mol. The van der Waals surface area contributed by atoms with Crippen molar-refractivity contribution in [3.05, 3.63) is 23.8 Å². The molecule has 5 nitrogen and oxygen atoms in total. The Morgan fingerprint density at radius 1 is 0.939 bits per heavy atom. The largest absolute Gasteiger partial charge is 0.494 e. The number of carbonyl (C=O) groups is 1. The Morgan fingerprint density at radius 3 is 2.18 bits per heavy atom. The summed E-state index contributed by atoms with van der Waals surface area (Å²) in [5.41, 5.74) is 2.32. The SMILES string of the molecule is CC1(C)CCCN([C@H]2C[C@@H](N3C(=O)C(C)(C)c4ccc(B5OC(C)(C)C(C)(C)O5)cc43)C2)C1. The molecule has 1 saturated carbocycles. The number of carbonyl (C=O) groups excluding carboxylic acids is 1. The topological polar surface area (TPSA) is 42.0 Å². The number of amides is 1.